The second kappa shape index (κ2) is 7.65. The normalized spacial score (nSPS) is 14.3. The highest BCUT2D eigenvalue weighted by molar-refractivity contribution is 6.30. The second-order valence-corrected chi connectivity index (χ2v) is 5.42. The molecule has 3 heteroatoms. The van der Waals surface area contributed by atoms with Gasteiger partial charge in [-0.1, -0.05) is 25.4 Å². The zero-order valence-corrected chi connectivity index (χ0v) is 12.3. The van der Waals surface area contributed by atoms with Crippen LogP contribution in [0.5, 0.6) is 5.75 Å². The summed E-state index contributed by atoms with van der Waals surface area (Å²) >= 11 is 6.08. The molecule has 0 bridgehead atoms. The number of halogens is 1. The zero-order valence-electron chi connectivity index (χ0n) is 11.6. The lowest BCUT2D eigenvalue weighted by atomic mass is 9.94. The fraction of sp³-hybridized carbons (Fsp3) is 0.600. The molecule has 0 fully saturated rings. The van der Waals surface area contributed by atoms with Gasteiger partial charge in [0.05, 0.1) is 6.61 Å². The van der Waals surface area contributed by atoms with E-state index in [-0.39, 0.29) is 6.04 Å². The molecule has 0 spiro atoms. The van der Waals surface area contributed by atoms with Crippen LogP contribution in [0, 0.1) is 0 Å². The Kier molecular flexibility index (Phi) is 6.51. The van der Waals surface area contributed by atoms with Crippen molar-refractivity contribution in [3.63, 3.8) is 0 Å². The molecule has 2 N–H and O–H groups in total. The molecule has 1 aromatic rings. The van der Waals surface area contributed by atoms with E-state index in [1.807, 2.05) is 25.1 Å². The number of benzene rings is 1. The van der Waals surface area contributed by atoms with Gasteiger partial charge in [-0.3, -0.25) is 0 Å². The van der Waals surface area contributed by atoms with Crippen LogP contribution in [-0.4, -0.2) is 12.6 Å². The Morgan fingerprint density at radius 1 is 1.28 bits per heavy atom. The summed E-state index contributed by atoms with van der Waals surface area (Å²) in [5.74, 6) is 1.37. The van der Waals surface area contributed by atoms with Crippen molar-refractivity contribution in [2.45, 2.75) is 52.0 Å². The van der Waals surface area contributed by atoms with Gasteiger partial charge in [-0.2, -0.15) is 0 Å². The van der Waals surface area contributed by atoms with E-state index in [9.17, 15) is 0 Å². The molecular formula is C15H24ClNO. The van der Waals surface area contributed by atoms with Gasteiger partial charge in [0.25, 0.3) is 0 Å². The Morgan fingerprint density at radius 3 is 2.61 bits per heavy atom. The average Bonchev–Trinajstić information content (AvgIpc) is 2.34. The van der Waals surface area contributed by atoms with E-state index in [0.717, 1.165) is 36.6 Å². The van der Waals surface area contributed by atoms with Crippen molar-refractivity contribution in [3.8, 4) is 5.75 Å². The van der Waals surface area contributed by atoms with Crippen molar-refractivity contribution >= 4 is 11.6 Å². The van der Waals surface area contributed by atoms with Crippen LogP contribution in [0.25, 0.3) is 0 Å². The molecule has 0 heterocycles. The summed E-state index contributed by atoms with van der Waals surface area (Å²) in [6.45, 7) is 7.09. The zero-order chi connectivity index (χ0) is 13.5. The van der Waals surface area contributed by atoms with E-state index in [1.54, 1.807) is 0 Å². The van der Waals surface area contributed by atoms with Gasteiger partial charge in [-0.05, 0) is 55.9 Å². The molecule has 1 rings (SSSR count). The van der Waals surface area contributed by atoms with E-state index in [2.05, 4.69) is 13.8 Å². The maximum absolute atomic E-state index is 6.08. The lowest BCUT2D eigenvalue weighted by Gasteiger charge is -2.18. The van der Waals surface area contributed by atoms with Crippen molar-refractivity contribution in [2.75, 3.05) is 6.61 Å². The third-order valence-corrected chi connectivity index (χ3v) is 3.25. The molecule has 1 aromatic carbocycles. The van der Waals surface area contributed by atoms with Crippen LogP contribution in [-0.2, 0) is 0 Å². The minimum Gasteiger partial charge on any atom is -0.493 e. The van der Waals surface area contributed by atoms with E-state index >= 15 is 0 Å². The molecular weight excluding hydrogens is 246 g/mol. The smallest absolute Gasteiger partial charge is 0.122 e. The van der Waals surface area contributed by atoms with E-state index in [0.29, 0.717) is 5.92 Å². The number of ether oxygens (including phenoxy) is 1. The molecule has 0 aliphatic carbocycles. The molecule has 0 aliphatic heterocycles. The standard InChI is InChI=1S/C15H24ClNO/c1-4-9-18-15-8-7-13(16)10-14(15)11(2)5-6-12(3)17/h7-8,10-12H,4-6,9,17H2,1-3H3. The highest BCUT2D eigenvalue weighted by atomic mass is 35.5. The first-order valence-electron chi connectivity index (χ1n) is 6.72. The van der Waals surface area contributed by atoms with E-state index < -0.39 is 0 Å². The Labute approximate surface area is 115 Å². The van der Waals surface area contributed by atoms with Crippen LogP contribution >= 0.6 is 11.6 Å². The van der Waals surface area contributed by atoms with Crippen molar-refractivity contribution in [3.05, 3.63) is 28.8 Å². The van der Waals surface area contributed by atoms with Gasteiger partial charge in [0.1, 0.15) is 5.75 Å². The molecule has 0 aromatic heterocycles. The quantitative estimate of drug-likeness (QED) is 0.798. The van der Waals surface area contributed by atoms with Gasteiger partial charge < -0.3 is 10.5 Å². The Bertz CT molecular complexity index is 366. The van der Waals surface area contributed by atoms with Crippen LogP contribution in [0.15, 0.2) is 18.2 Å². The molecule has 102 valence electrons. The second-order valence-electron chi connectivity index (χ2n) is 4.99. The number of nitrogens with two attached hydrogens (primary N) is 1. The van der Waals surface area contributed by atoms with Gasteiger partial charge in [0.2, 0.25) is 0 Å². The maximum atomic E-state index is 6.08. The van der Waals surface area contributed by atoms with Crippen LogP contribution in [0.3, 0.4) is 0 Å². The molecule has 0 saturated carbocycles. The fourth-order valence-corrected chi connectivity index (χ4v) is 2.10. The van der Waals surface area contributed by atoms with Gasteiger partial charge in [0, 0.05) is 11.1 Å². The largest absolute Gasteiger partial charge is 0.493 e. The average molecular weight is 270 g/mol. The summed E-state index contributed by atoms with van der Waals surface area (Å²) in [6, 6.07) is 6.11. The first-order chi connectivity index (χ1) is 8.54. The summed E-state index contributed by atoms with van der Waals surface area (Å²) in [5, 5.41) is 0.765. The summed E-state index contributed by atoms with van der Waals surface area (Å²) in [7, 11) is 0. The van der Waals surface area contributed by atoms with Crippen molar-refractivity contribution in [1.82, 2.24) is 0 Å². The van der Waals surface area contributed by atoms with Gasteiger partial charge >= 0.3 is 0 Å². The molecule has 0 amide bonds. The molecule has 2 unspecified atom stereocenters. The first-order valence-corrected chi connectivity index (χ1v) is 7.10. The first kappa shape index (κ1) is 15.3. The minimum atomic E-state index is 0.242. The van der Waals surface area contributed by atoms with Crippen molar-refractivity contribution in [1.29, 1.82) is 0 Å². The SMILES string of the molecule is CCCOc1ccc(Cl)cc1C(C)CCC(C)N. The van der Waals surface area contributed by atoms with Crippen LogP contribution < -0.4 is 10.5 Å². The van der Waals surface area contributed by atoms with Crippen molar-refractivity contribution in [2.24, 2.45) is 5.73 Å². The molecule has 18 heavy (non-hydrogen) atoms. The lowest BCUT2D eigenvalue weighted by Crippen LogP contribution is -2.15. The fourth-order valence-electron chi connectivity index (χ4n) is 1.92. The topological polar surface area (TPSA) is 35.2 Å². The van der Waals surface area contributed by atoms with Gasteiger partial charge in [-0.25, -0.2) is 0 Å². The van der Waals surface area contributed by atoms with Crippen LogP contribution in [0.2, 0.25) is 5.02 Å². The summed E-state index contributed by atoms with van der Waals surface area (Å²) < 4.78 is 5.78. The van der Waals surface area contributed by atoms with Crippen LogP contribution in [0.1, 0.15) is 51.5 Å². The van der Waals surface area contributed by atoms with Gasteiger partial charge in [0.15, 0.2) is 0 Å². The summed E-state index contributed by atoms with van der Waals surface area (Å²) in [4.78, 5) is 0. The minimum absolute atomic E-state index is 0.242. The van der Waals surface area contributed by atoms with E-state index in [1.165, 1.54) is 5.56 Å². The molecule has 2 atom stereocenters. The molecule has 0 radical (unpaired) electrons. The number of hydrogen-bond donors (Lipinski definition) is 1. The predicted octanol–water partition coefficient (Wildman–Crippen LogP) is 4.36. The number of rotatable bonds is 7. The summed E-state index contributed by atoms with van der Waals surface area (Å²) in [5.41, 5.74) is 7.00. The number of hydrogen-bond acceptors (Lipinski definition) is 2. The molecule has 0 aliphatic rings. The third-order valence-electron chi connectivity index (χ3n) is 3.02. The van der Waals surface area contributed by atoms with Gasteiger partial charge in [-0.15, -0.1) is 0 Å². The Hall–Kier alpha value is -0.730. The highest BCUT2D eigenvalue weighted by Crippen LogP contribution is 2.32. The summed E-state index contributed by atoms with van der Waals surface area (Å²) in [6.07, 6.45) is 3.08. The molecule has 2 nitrogen and oxygen atoms in total. The molecule has 0 saturated heterocycles. The Morgan fingerprint density at radius 2 is 2.00 bits per heavy atom. The maximum Gasteiger partial charge on any atom is 0.122 e. The lowest BCUT2D eigenvalue weighted by molar-refractivity contribution is 0.311. The highest BCUT2D eigenvalue weighted by Gasteiger charge is 2.13. The monoisotopic (exact) mass is 269 g/mol. The third kappa shape index (κ3) is 4.87. The Balaban J connectivity index is 2.79. The van der Waals surface area contributed by atoms with E-state index in [4.69, 9.17) is 22.1 Å². The van der Waals surface area contributed by atoms with Crippen molar-refractivity contribution < 1.29 is 4.74 Å². The predicted molar refractivity (Wildman–Crippen MR) is 78.5 cm³/mol. The van der Waals surface area contributed by atoms with Crippen LogP contribution in [0.4, 0.5) is 0 Å².